The van der Waals surface area contributed by atoms with Crippen LogP contribution in [-0.2, 0) is 6.42 Å². The first-order chi connectivity index (χ1) is 7.15. The Balaban J connectivity index is 2.53. The number of carbonyl (C=O) groups is 1. The second-order valence-electron chi connectivity index (χ2n) is 4.08. The summed E-state index contributed by atoms with van der Waals surface area (Å²) >= 11 is 0. The molecule has 0 saturated carbocycles. The Morgan fingerprint density at radius 3 is 3.00 bits per heavy atom. The van der Waals surface area contributed by atoms with Crippen molar-refractivity contribution in [3.05, 3.63) is 17.2 Å². The van der Waals surface area contributed by atoms with Crippen LogP contribution in [0.25, 0.3) is 0 Å². The molecule has 4 nitrogen and oxygen atoms in total. The molecule has 0 aromatic carbocycles. The molecule has 0 fully saturated rings. The van der Waals surface area contributed by atoms with Crippen molar-refractivity contribution in [2.75, 3.05) is 0 Å². The minimum Gasteiger partial charge on any atom is -0.476 e. The maximum Gasteiger partial charge on any atom is 0.356 e. The highest BCUT2D eigenvalue weighted by Gasteiger charge is 2.26. The maximum atomic E-state index is 11.0. The molecule has 0 bridgehead atoms. The van der Waals surface area contributed by atoms with Crippen LogP contribution in [0.15, 0.2) is 0 Å². The third-order valence-electron chi connectivity index (χ3n) is 3.18. The summed E-state index contributed by atoms with van der Waals surface area (Å²) in [5.74, 6) is -0.0578. The van der Waals surface area contributed by atoms with Crippen LogP contribution in [-0.4, -0.2) is 20.6 Å². The lowest BCUT2D eigenvalue weighted by Gasteiger charge is -2.25. The van der Waals surface area contributed by atoms with Crippen molar-refractivity contribution < 1.29 is 9.90 Å². The van der Waals surface area contributed by atoms with E-state index in [1.807, 2.05) is 6.92 Å². The monoisotopic (exact) mass is 208 g/mol. The molecule has 15 heavy (non-hydrogen) atoms. The van der Waals surface area contributed by atoms with E-state index in [0.29, 0.717) is 6.04 Å². The lowest BCUT2D eigenvalue weighted by atomic mass is 9.99. The van der Waals surface area contributed by atoms with Crippen molar-refractivity contribution in [3.63, 3.8) is 0 Å². The van der Waals surface area contributed by atoms with E-state index in [9.17, 15) is 4.79 Å². The molecular weight excluding hydrogens is 192 g/mol. The molecule has 2 rings (SSSR count). The lowest BCUT2D eigenvalue weighted by Crippen LogP contribution is -2.19. The molecule has 1 atom stereocenters. The molecule has 4 heteroatoms. The van der Waals surface area contributed by atoms with E-state index in [2.05, 4.69) is 16.5 Å². The van der Waals surface area contributed by atoms with E-state index in [1.54, 1.807) is 0 Å². The Hall–Kier alpha value is -1.32. The Morgan fingerprint density at radius 2 is 2.40 bits per heavy atom. The molecule has 0 spiro atoms. The molecule has 1 aromatic rings. The first-order valence-electron chi connectivity index (χ1n) is 5.46. The number of aryl methyl sites for hydroxylation is 1. The average Bonchev–Trinajstić information content (AvgIpc) is 2.56. The summed E-state index contributed by atoms with van der Waals surface area (Å²) in [5.41, 5.74) is 1.17. The zero-order valence-corrected chi connectivity index (χ0v) is 9.16. The fraction of sp³-hybridized carbons (Fsp3) is 0.636. The van der Waals surface area contributed by atoms with E-state index in [4.69, 9.17) is 5.11 Å². The molecule has 1 aliphatic heterocycles. The van der Waals surface area contributed by atoms with Gasteiger partial charge in [-0.25, -0.2) is 9.78 Å². The summed E-state index contributed by atoms with van der Waals surface area (Å²) in [6.07, 6.45) is 4.10. The molecule has 1 unspecified atom stereocenters. The van der Waals surface area contributed by atoms with Gasteiger partial charge in [0.1, 0.15) is 5.82 Å². The van der Waals surface area contributed by atoms with Crippen molar-refractivity contribution in [2.24, 2.45) is 0 Å². The molecule has 0 amide bonds. The van der Waals surface area contributed by atoms with Crippen molar-refractivity contribution in [1.82, 2.24) is 9.55 Å². The van der Waals surface area contributed by atoms with Gasteiger partial charge in [0.25, 0.3) is 0 Å². The van der Waals surface area contributed by atoms with Gasteiger partial charge in [-0.2, -0.15) is 0 Å². The average molecular weight is 208 g/mol. The topological polar surface area (TPSA) is 55.1 Å². The van der Waals surface area contributed by atoms with E-state index in [1.165, 1.54) is 0 Å². The van der Waals surface area contributed by atoms with Crippen LogP contribution >= 0.6 is 0 Å². The minimum absolute atomic E-state index is 0.255. The lowest BCUT2D eigenvalue weighted by molar-refractivity contribution is 0.0689. The quantitative estimate of drug-likeness (QED) is 0.810. The molecule has 0 saturated heterocycles. The van der Waals surface area contributed by atoms with Gasteiger partial charge in [0.15, 0.2) is 5.69 Å². The summed E-state index contributed by atoms with van der Waals surface area (Å²) in [5, 5.41) is 9.04. The van der Waals surface area contributed by atoms with Crippen LogP contribution in [0.4, 0.5) is 0 Å². The van der Waals surface area contributed by atoms with Gasteiger partial charge in [0.05, 0.1) is 5.69 Å². The summed E-state index contributed by atoms with van der Waals surface area (Å²) < 4.78 is 2.12. The Kier molecular flexibility index (Phi) is 2.50. The minimum atomic E-state index is -0.899. The third kappa shape index (κ3) is 1.54. The van der Waals surface area contributed by atoms with Crippen molar-refractivity contribution in [3.8, 4) is 0 Å². The first kappa shape index (κ1) is 10.2. The molecule has 1 N–H and O–H groups in total. The zero-order chi connectivity index (χ0) is 11.0. The highest BCUT2D eigenvalue weighted by Crippen LogP contribution is 2.30. The van der Waals surface area contributed by atoms with Crippen LogP contribution in [0.2, 0.25) is 0 Å². The number of fused-ring (bicyclic) bond motifs is 1. The van der Waals surface area contributed by atoms with Crippen molar-refractivity contribution in [1.29, 1.82) is 0 Å². The Labute approximate surface area is 88.9 Å². The number of rotatable bonds is 2. The van der Waals surface area contributed by atoms with Gasteiger partial charge >= 0.3 is 5.97 Å². The SMILES string of the molecule is CCC1CCCc2c(C(=O)O)nc(C)n21. The summed E-state index contributed by atoms with van der Waals surface area (Å²) in [4.78, 5) is 15.2. The van der Waals surface area contributed by atoms with Gasteiger partial charge < -0.3 is 9.67 Å². The molecule has 82 valence electrons. The predicted molar refractivity (Wildman–Crippen MR) is 56.2 cm³/mol. The van der Waals surface area contributed by atoms with Gasteiger partial charge in [0.2, 0.25) is 0 Å². The van der Waals surface area contributed by atoms with Crippen molar-refractivity contribution in [2.45, 2.75) is 45.6 Å². The van der Waals surface area contributed by atoms with Gasteiger partial charge in [-0.3, -0.25) is 0 Å². The third-order valence-corrected chi connectivity index (χ3v) is 3.18. The van der Waals surface area contributed by atoms with Crippen LogP contribution in [0.1, 0.15) is 54.2 Å². The number of aromatic carboxylic acids is 1. The van der Waals surface area contributed by atoms with Crippen LogP contribution < -0.4 is 0 Å². The number of aromatic nitrogens is 2. The normalized spacial score (nSPS) is 20.0. The number of imidazole rings is 1. The predicted octanol–water partition coefficient (Wildman–Crippen LogP) is 2.18. The van der Waals surface area contributed by atoms with Crippen molar-refractivity contribution >= 4 is 5.97 Å². The van der Waals surface area contributed by atoms with E-state index < -0.39 is 5.97 Å². The maximum absolute atomic E-state index is 11.0. The van der Waals surface area contributed by atoms with Gasteiger partial charge in [-0.05, 0) is 32.6 Å². The largest absolute Gasteiger partial charge is 0.476 e. The zero-order valence-electron chi connectivity index (χ0n) is 9.16. The molecule has 1 aromatic heterocycles. The highest BCUT2D eigenvalue weighted by atomic mass is 16.4. The Bertz CT molecular complexity index is 396. The standard InChI is InChI=1S/C11H16N2O2/c1-3-8-5-4-6-9-10(11(14)15)12-7(2)13(8)9/h8H,3-6H2,1-2H3,(H,14,15). The molecule has 0 aliphatic carbocycles. The molecule has 1 aliphatic rings. The molecule has 2 heterocycles. The van der Waals surface area contributed by atoms with Gasteiger partial charge in [-0.15, -0.1) is 0 Å². The second kappa shape index (κ2) is 3.68. The summed E-state index contributed by atoms with van der Waals surface area (Å²) in [7, 11) is 0. The van der Waals surface area contributed by atoms with Gasteiger partial charge in [0, 0.05) is 6.04 Å². The van der Waals surface area contributed by atoms with E-state index in [-0.39, 0.29) is 5.69 Å². The summed E-state index contributed by atoms with van der Waals surface area (Å²) in [6, 6.07) is 0.439. The number of carboxylic acid groups (broad SMARTS) is 1. The highest BCUT2D eigenvalue weighted by molar-refractivity contribution is 5.87. The van der Waals surface area contributed by atoms with Crippen LogP contribution in [0.5, 0.6) is 0 Å². The number of nitrogens with zero attached hydrogens (tertiary/aromatic N) is 2. The molecule has 0 radical (unpaired) electrons. The molecular formula is C11H16N2O2. The number of hydrogen-bond donors (Lipinski definition) is 1. The van der Waals surface area contributed by atoms with E-state index >= 15 is 0 Å². The fourth-order valence-electron chi connectivity index (χ4n) is 2.51. The first-order valence-corrected chi connectivity index (χ1v) is 5.46. The number of hydrogen-bond acceptors (Lipinski definition) is 2. The second-order valence-corrected chi connectivity index (χ2v) is 4.08. The smallest absolute Gasteiger partial charge is 0.356 e. The number of carboxylic acids is 1. The van der Waals surface area contributed by atoms with E-state index in [0.717, 1.165) is 37.2 Å². The Morgan fingerprint density at radius 1 is 1.67 bits per heavy atom. The summed E-state index contributed by atoms with van der Waals surface area (Å²) in [6.45, 7) is 4.03. The van der Waals surface area contributed by atoms with Crippen LogP contribution in [0.3, 0.4) is 0 Å². The van der Waals surface area contributed by atoms with Gasteiger partial charge in [-0.1, -0.05) is 6.92 Å². The van der Waals surface area contributed by atoms with Crippen LogP contribution in [0, 0.1) is 6.92 Å². The fourth-order valence-corrected chi connectivity index (χ4v) is 2.51.